The molecule has 1 heterocycles. The summed E-state index contributed by atoms with van der Waals surface area (Å²) in [5.41, 5.74) is 0. The smallest absolute Gasteiger partial charge is 0.156 e. The van der Waals surface area contributed by atoms with E-state index in [0.717, 1.165) is 38.6 Å². The van der Waals surface area contributed by atoms with Crippen molar-refractivity contribution in [2.24, 2.45) is 5.92 Å². The summed E-state index contributed by atoms with van der Waals surface area (Å²) in [5, 5.41) is 10.2. The number of hydrogen-bond acceptors (Lipinski definition) is 4. The highest BCUT2D eigenvalue weighted by atomic mass is 32.2. The van der Waals surface area contributed by atoms with Gasteiger partial charge in [0.2, 0.25) is 0 Å². The second kappa shape index (κ2) is 6.55. The van der Waals surface area contributed by atoms with E-state index in [9.17, 15) is 13.5 Å². The van der Waals surface area contributed by atoms with Crippen molar-refractivity contribution in [2.75, 3.05) is 18.8 Å². The van der Waals surface area contributed by atoms with Gasteiger partial charge in [0, 0.05) is 18.5 Å². The van der Waals surface area contributed by atoms with Gasteiger partial charge in [0.1, 0.15) is 0 Å². The van der Waals surface area contributed by atoms with Crippen LogP contribution in [0.2, 0.25) is 0 Å². The van der Waals surface area contributed by atoms with E-state index in [2.05, 4.69) is 4.90 Å². The SMILES string of the molecule is CC(C)(C)S(=O)(=O)CCN1CCCCC1C1CCCC1O. The van der Waals surface area contributed by atoms with Crippen LogP contribution >= 0.6 is 0 Å². The minimum Gasteiger partial charge on any atom is -0.393 e. The Kier molecular flexibility index (Phi) is 5.37. The summed E-state index contributed by atoms with van der Waals surface area (Å²) in [6.45, 7) is 6.92. The predicted molar refractivity (Wildman–Crippen MR) is 86.1 cm³/mol. The molecule has 1 saturated carbocycles. The van der Waals surface area contributed by atoms with Gasteiger partial charge in [-0.3, -0.25) is 4.90 Å². The fraction of sp³-hybridized carbons (Fsp3) is 1.00. The molecular formula is C16H31NO3S. The van der Waals surface area contributed by atoms with E-state index in [-0.39, 0.29) is 11.9 Å². The molecule has 0 bridgehead atoms. The number of nitrogens with zero attached hydrogens (tertiary/aromatic N) is 1. The molecule has 0 spiro atoms. The Labute approximate surface area is 129 Å². The summed E-state index contributed by atoms with van der Waals surface area (Å²) < 4.78 is 23.9. The number of aliphatic hydroxyl groups is 1. The summed E-state index contributed by atoms with van der Waals surface area (Å²) in [6, 6.07) is 0.381. The van der Waals surface area contributed by atoms with Crippen LogP contribution in [0.1, 0.15) is 59.3 Å². The van der Waals surface area contributed by atoms with Crippen LogP contribution in [0.15, 0.2) is 0 Å². The van der Waals surface area contributed by atoms with Crippen molar-refractivity contribution < 1.29 is 13.5 Å². The number of aliphatic hydroxyl groups excluding tert-OH is 1. The molecule has 1 saturated heterocycles. The van der Waals surface area contributed by atoms with Gasteiger partial charge in [0.05, 0.1) is 16.6 Å². The lowest BCUT2D eigenvalue weighted by atomic mass is 9.88. The topological polar surface area (TPSA) is 57.6 Å². The molecule has 0 aromatic carbocycles. The van der Waals surface area contributed by atoms with Crippen molar-refractivity contribution in [3.05, 3.63) is 0 Å². The first-order valence-electron chi connectivity index (χ1n) is 8.37. The second-order valence-corrected chi connectivity index (χ2v) is 10.6. The molecule has 0 aromatic rings. The lowest BCUT2D eigenvalue weighted by Crippen LogP contribution is -2.48. The Bertz CT molecular complexity index is 441. The predicted octanol–water partition coefficient (Wildman–Crippen LogP) is 2.22. The van der Waals surface area contributed by atoms with Gasteiger partial charge in [0.25, 0.3) is 0 Å². The van der Waals surface area contributed by atoms with Crippen molar-refractivity contribution in [2.45, 2.75) is 76.2 Å². The van der Waals surface area contributed by atoms with Crippen LogP contribution < -0.4 is 0 Å². The minimum absolute atomic E-state index is 0.185. The third-order valence-corrected chi connectivity index (χ3v) is 7.86. The Morgan fingerprint density at radius 1 is 1.10 bits per heavy atom. The molecular weight excluding hydrogens is 286 g/mol. The third-order valence-electron chi connectivity index (χ3n) is 5.27. The number of sulfone groups is 1. The molecule has 124 valence electrons. The van der Waals surface area contributed by atoms with E-state index in [0.29, 0.717) is 18.5 Å². The molecule has 3 atom stereocenters. The molecule has 0 aromatic heterocycles. The fourth-order valence-electron chi connectivity index (χ4n) is 3.74. The highest BCUT2D eigenvalue weighted by Gasteiger charge is 2.38. The first kappa shape index (κ1) is 17.2. The van der Waals surface area contributed by atoms with E-state index in [1.54, 1.807) is 20.8 Å². The van der Waals surface area contributed by atoms with Crippen molar-refractivity contribution >= 4 is 9.84 Å². The molecule has 2 rings (SSSR count). The van der Waals surface area contributed by atoms with Gasteiger partial charge in [-0.15, -0.1) is 0 Å². The number of likely N-dealkylation sites (tertiary alicyclic amines) is 1. The van der Waals surface area contributed by atoms with Crippen LogP contribution in [0.3, 0.4) is 0 Å². The largest absolute Gasteiger partial charge is 0.393 e. The van der Waals surface area contributed by atoms with Gasteiger partial charge in [-0.2, -0.15) is 0 Å². The zero-order chi connectivity index (χ0) is 15.7. The zero-order valence-corrected chi connectivity index (χ0v) is 14.5. The Balaban J connectivity index is 2.00. The van der Waals surface area contributed by atoms with Gasteiger partial charge >= 0.3 is 0 Å². The highest BCUT2D eigenvalue weighted by molar-refractivity contribution is 7.92. The lowest BCUT2D eigenvalue weighted by molar-refractivity contribution is 0.0388. The molecule has 1 aliphatic carbocycles. The van der Waals surface area contributed by atoms with E-state index >= 15 is 0 Å². The molecule has 1 aliphatic heterocycles. The molecule has 2 fully saturated rings. The Hall–Kier alpha value is -0.130. The average molecular weight is 317 g/mol. The van der Waals surface area contributed by atoms with E-state index in [1.165, 1.54) is 6.42 Å². The summed E-state index contributed by atoms with van der Waals surface area (Å²) in [6.07, 6.45) is 6.39. The number of rotatable bonds is 4. The lowest BCUT2D eigenvalue weighted by Gasteiger charge is -2.40. The van der Waals surface area contributed by atoms with Crippen LogP contribution in [-0.4, -0.2) is 54.2 Å². The summed E-state index contributed by atoms with van der Waals surface area (Å²) in [5.74, 6) is 0.582. The van der Waals surface area contributed by atoms with Gasteiger partial charge in [-0.25, -0.2) is 8.42 Å². The standard InChI is InChI=1S/C16H31NO3S/c1-16(2,3)21(19,20)12-11-17-10-5-4-8-14(17)13-7-6-9-15(13)18/h13-15,18H,4-12H2,1-3H3. The Morgan fingerprint density at radius 3 is 2.38 bits per heavy atom. The number of piperidine rings is 1. The van der Waals surface area contributed by atoms with Crippen LogP contribution in [-0.2, 0) is 9.84 Å². The van der Waals surface area contributed by atoms with Gasteiger partial charge in [-0.1, -0.05) is 12.8 Å². The van der Waals surface area contributed by atoms with E-state index in [4.69, 9.17) is 0 Å². The molecule has 21 heavy (non-hydrogen) atoms. The van der Waals surface area contributed by atoms with Crippen molar-refractivity contribution in [3.63, 3.8) is 0 Å². The molecule has 3 unspecified atom stereocenters. The molecule has 5 heteroatoms. The average Bonchev–Trinajstić information content (AvgIpc) is 2.81. The van der Waals surface area contributed by atoms with Crippen molar-refractivity contribution in [1.82, 2.24) is 4.90 Å². The maximum absolute atomic E-state index is 12.3. The van der Waals surface area contributed by atoms with E-state index < -0.39 is 14.6 Å². The maximum atomic E-state index is 12.3. The fourth-order valence-corrected chi connectivity index (χ4v) is 4.83. The van der Waals surface area contributed by atoms with Crippen LogP contribution in [0.25, 0.3) is 0 Å². The summed E-state index contributed by atoms with van der Waals surface area (Å²) >= 11 is 0. The van der Waals surface area contributed by atoms with Gasteiger partial charge < -0.3 is 5.11 Å². The van der Waals surface area contributed by atoms with Crippen molar-refractivity contribution in [1.29, 1.82) is 0 Å². The van der Waals surface area contributed by atoms with Gasteiger partial charge in [-0.05, 0) is 53.0 Å². The third kappa shape index (κ3) is 3.99. The monoisotopic (exact) mass is 317 g/mol. The first-order chi connectivity index (χ1) is 9.72. The van der Waals surface area contributed by atoms with Crippen molar-refractivity contribution in [3.8, 4) is 0 Å². The maximum Gasteiger partial charge on any atom is 0.156 e. The molecule has 2 aliphatic rings. The Morgan fingerprint density at radius 2 is 1.81 bits per heavy atom. The van der Waals surface area contributed by atoms with E-state index in [1.807, 2.05) is 0 Å². The normalized spacial score (nSPS) is 32.5. The first-order valence-corrected chi connectivity index (χ1v) is 10.0. The molecule has 0 amide bonds. The minimum atomic E-state index is -3.06. The second-order valence-electron chi connectivity index (χ2n) is 7.69. The summed E-state index contributed by atoms with van der Waals surface area (Å²) in [4.78, 5) is 2.34. The molecule has 1 N–H and O–H groups in total. The molecule has 0 radical (unpaired) electrons. The quantitative estimate of drug-likeness (QED) is 0.864. The molecule has 4 nitrogen and oxygen atoms in total. The summed E-state index contributed by atoms with van der Waals surface area (Å²) in [7, 11) is -3.06. The van der Waals surface area contributed by atoms with Gasteiger partial charge in [0.15, 0.2) is 9.84 Å². The number of hydrogen-bond donors (Lipinski definition) is 1. The van der Waals surface area contributed by atoms with Crippen LogP contribution in [0.4, 0.5) is 0 Å². The van der Waals surface area contributed by atoms with Crippen LogP contribution in [0.5, 0.6) is 0 Å². The highest BCUT2D eigenvalue weighted by Crippen LogP contribution is 2.35. The zero-order valence-electron chi connectivity index (χ0n) is 13.7. The van der Waals surface area contributed by atoms with Crippen LogP contribution in [0, 0.1) is 5.92 Å².